The number of nitrogens with zero attached hydrogens (tertiary/aromatic N) is 4. The smallest absolute Gasteiger partial charge is 0.362 e. The average Bonchev–Trinajstić information content (AvgIpc) is 3.01. The van der Waals surface area contributed by atoms with E-state index in [-0.39, 0.29) is 27.5 Å². The number of alkyl halides is 3. The van der Waals surface area contributed by atoms with Crippen LogP contribution in [0.5, 0.6) is 0 Å². The maximum Gasteiger partial charge on any atom is 0.438 e. The van der Waals surface area contributed by atoms with Gasteiger partial charge in [-0.05, 0) is 29.8 Å². The van der Waals surface area contributed by atoms with E-state index in [9.17, 15) is 33.2 Å². The summed E-state index contributed by atoms with van der Waals surface area (Å²) in [5.74, 6) is -1.18. The van der Waals surface area contributed by atoms with Gasteiger partial charge in [-0.3, -0.25) is 19.9 Å². The Morgan fingerprint density at radius 2 is 1.93 bits per heavy atom. The molecule has 1 aromatic carbocycles. The molecule has 140 valence electrons. The summed E-state index contributed by atoms with van der Waals surface area (Å²) in [5.41, 5.74) is -4.11. The molecule has 27 heavy (non-hydrogen) atoms. The van der Waals surface area contributed by atoms with Gasteiger partial charge in [0.05, 0.1) is 22.6 Å². The van der Waals surface area contributed by atoms with Crippen LogP contribution in [0.1, 0.15) is 22.3 Å². The number of nitro benzene ring substituents is 1. The van der Waals surface area contributed by atoms with E-state index in [1.807, 2.05) is 0 Å². The quantitative estimate of drug-likeness (QED) is 0.650. The maximum atomic E-state index is 13.5. The third-order valence-electron chi connectivity index (χ3n) is 3.95. The van der Waals surface area contributed by atoms with Crippen molar-refractivity contribution in [2.24, 2.45) is 5.10 Å². The predicted molar refractivity (Wildman–Crippen MR) is 85.7 cm³/mol. The first-order chi connectivity index (χ1) is 12.6. The van der Waals surface area contributed by atoms with Gasteiger partial charge >= 0.3 is 6.18 Å². The molecule has 0 aliphatic carbocycles. The van der Waals surface area contributed by atoms with Gasteiger partial charge in [0.25, 0.3) is 17.3 Å². The van der Waals surface area contributed by atoms with Crippen LogP contribution in [0.15, 0.2) is 53.9 Å². The highest BCUT2D eigenvalue weighted by Gasteiger charge is 2.63. The molecule has 1 atom stereocenters. The number of amides is 1. The van der Waals surface area contributed by atoms with Crippen LogP contribution < -0.4 is 0 Å². The Hall–Kier alpha value is -3.34. The molecule has 0 radical (unpaired) electrons. The molecule has 1 amide bonds. The number of carbonyl (C=O) groups is 1. The SMILES string of the molecule is O=C(c1cccnc1)N1N=C(c2ccc([N+](=O)[O-])cc2)C[C@]1(O)C(F)(F)F. The number of benzene rings is 1. The summed E-state index contributed by atoms with van der Waals surface area (Å²) < 4.78 is 40.5. The zero-order valence-corrected chi connectivity index (χ0v) is 13.4. The summed E-state index contributed by atoms with van der Waals surface area (Å²) in [6.07, 6.45) is -3.81. The number of aromatic nitrogens is 1. The van der Waals surface area contributed by atoms with Gasteiger partial charge in [0, 0.05) is 24.5 Å². The molecule has 0 saturated heterocycles. The summed E-state index contributed by atoms with van der Waals surface area (Å²) in [5, 5.41) is 24.6. The van der Waals surface area contributed by atoms with Gasteiger partial charge in [0.15, 0.2) is 0 Å². The number of carbonyl (C=O) groups excluding carboxylic acids is 1. The van der Waals surface area contributed by atoms with Crippen molar-refractivity contribution in [3.63, 3.8) is 0 Å². The van der Waals surface area contributed by atoms with Crippen LogP contribution in [0.4, 0.5) is 18.9 Å². The zero-order chi connectivity index (χ0) is 19.8. The lowest BCUT2D eigenvalue weighted by Crippen LogP contribution is -2.56. The minimum atomic E-state index is -5.18. The second-order valence-electron chi connectivity index (χ2n) is 5.70. The first-order valence-corrected chi connectivity index (χ1v) is 7.49. The topological polar surface area (TPSA) is 109 Å². The van der Waals surface area contributed by atoms with E-state index in [0.29, 0.717) is 0 Å². The molecule has 8 nitrogen and oxygen atoms in total. The van der Waals surface area contributed by atoms with Crippen molar-refractivity contribution < 1.29 is 28.0 Å². The molecule has 0 fully saturated rings. The monoisotopic (exact) mass is 380 g/mol. The van der Waals surface area contributed by atoms with Crippen molar-refractivity contribution in [2.75, 3.05) is 0 Å². The number of halogens is 3. The molecule has 1 N–H and O–H groups in total. The fourth-order valence-corrected chi connectivity index (χ4v) is 2.53. The lowest BCUT2D eigenvalue weighted by Gasteiger charge is -2.32. The Bertz CT molecular complexity index is 916. The molecular weight excluding hydrogens is 369 g/mol. The van der Waals surface area contributed by atoms with Crippen LogP contribution in [0.25, 0.3) is 0 Å². The lowest BCUT2D eigenvalue weighted by atomic mass is 10.0. The normalized spacial score (nSPS) is 19.7. The Kier molecular flexibility index (Phi) is 4.39. The number of pyridine rings is 1. The summed E-state index contributed by atoms with van der Waals surface area (Å²) >= 11 is 0. The summed E-state index contributed by atoms with van der Waals surface area (Å²) in [4.78, 5) is 26.2. The van der Waals surface area contributed by atoms with Crippen LogP contribution in [0.2, 0.25) is 0 Å². The van der Waals surface area contributed by atoms with Gasteiger partial charge in [0.2, 0.25) is 0 Å². The number of non-ortho nitro benzene ring substituents is 1. The molecule has 1 aliphatic heterocycles. The first kappa shape index (κ1) is 18.5. The third kappa shape index (κ3) is 3.24. The Labute approximate surface area is 149 Å². The molecule has 0 spiro atoms. The van der Waals surface area contributed by atoms with E-state index in [4.69, 9.17) is 0 Å². The van der Waals surface area contributed by atoms with E-state index in [0.717, 1.165) is 18.3 Å². The number of hydrazone groups is 1. The predicted octanol–water partition coefficient (Wildman–Crippen LogP) is 2.49. The highest BCUT2D eigenvalue weighted by atomic mass is 19.4. The number of rotatable bonds is 3. The molecule has 2 aromatic rings. The lowest BCUT2D eigenvalue weighted by molar-refractivity contribution is -0.384. The fraction of sp³-hybridized carbons (Fsp3) is 0.188. The summed E-state index contributed by atoms with van der Waals surface area (Å²) in [6.45, 7) is 0. The van der Waals surface area contributed by atoms with Crippen molar-refractivity contribution in [1.82, 2.24) is 9.99 Å². The Morgan fingerprint density at radius 1 is 1.26 bits per heavy atom. The van der Waals surface area contributed by atoms with E-state index in [2.05, 4.69) is 10.1 Å². The van der Waals surface area contributed by atoms with Crippen molar-refractivity contribution in [1.29, 1.82) is 0 Å². The van der Waals surface area contributed by atoms with Crippen molar-refractivity contribution in [3.8, 4) is 0 Å². The number of hydrogen-bond acceptors (Lipinski definition) is 6. The standard InChI is InChI=1S/C16H11F3N4O4/c17-16(18,19)15(25)8-13(10-3-5-12(6-4-10)23(26)27)21-22(15)14(24)11-2-1-7-20-9-11/h1-7,9,25H,8H2/t15-/m0/s1. The average molecular weight is 380 g/mol. The van der Waals surface area contributed by atoms with E-state index >= 15 is 0 Å². The Balaban J connectivity index is 2.02. The van der Waals surface area contributed by atoms with Gasteiger partial charge in [-0.2, -0.15) is 23.3 Å². The van der Waals surface area contributed by atoms with E-state index in [1.54, 1.807) is 0 Å². The van der Waals surface area contributed by atoms with Gasteiger partial charge in [-0.15, -0.1) is 0 Å². The van der Waals surface area contributed by atoms with Gasteiger partial charge in [-0.25, -0.2) is 0 Å². The molecule has 2 heterocycles. The number of hydrogen-bond donors (Lipinski definition) is 1. The fourth-order valence-electron chi connectivity index (χ4n) is 2.53. The number of nitro groups is 1. The van der Waals surface area contributed by atoms with Crippen LogP contribution in [-0.2, 0) is 0 Å². The van der Waals surface area contributed by atoms with Gasteiger partial charge in [-0.1, -0.05) is 0 Å². The second kappa shape index (κ2) is 6.43. The summed E-state index contributed by atoms with van der Waals surface area (Å²) in [6, 6.07) is 7.19. The second-order valence-corrected chi connectivity index (χ2v) is 5.70. The highest BCUT2D eigenvalue weighted by Crippen LogP contribution is 2.42. The Morgan fingerprint density at radius 3 is 2.44 bits per heavy atom. The molecule has 11 heteroatoms. The maximum absolute atomic E-state index is 13.5. The van der Waals surface area contributed by atoms with Crippen molar-refractivity contribution in [3.05, 3.63) is 70.0 Å². The van der Waals surface area contributed by atoms with E-state index < -0.39 is 29.2 Å². The molecule has 1 aromatic heterocycles. The van der Waals surface area contributed by atoms with E-state index in [1.165, 1.54) is 30.5 Å². The molecule has 0 unspecified atom stereocenters. The first-order valence-electron chi connectivity index (χ1n) is 7.49. The van der Waals surface area contributed by atoms with Crippen molar-refractivity contribution >= 4 is 17.3 Å². The third-order valence-corrected chi connectivity index (χ3v) is 3.95. The van der Waals surface area contributed by atoms with Crippen LogP contribution in [-0.4, -0.2) is 43.5 Å². The summed E-state index contributed by atoms with van der Waals surface area (Å²) in [7, 11) is 0. The molecule has 1 aliphatic rings. The largest absolute Gasteiger partial charge is 0.438 e. The molecule has 0 bridgehead atoms. The van der Waals surface area contributed by atoms with Crippen LogP contribution in [0.3, 0.4) is 0 Å². The van der Waals surface area contributed by atoms with Crippen LogP contribution >= 0.6 is 0 Å². The highest BCUT2D eigenvalue weighted by molar-refractivity contribution is 6.05. The van der Waals surface area contributed by atoms with Crippen LogP contribution in [0, 0.1) is 10.1 Å². The molecular formula is C16H11F3N4O4. The number of aliphatic hydroxyl groups is 1. The minimum Gasteiger partial charge on any atom is -0.362 e. The van der Waals surface area contributed by atoms with Crippen molar-refractivity contribution in [2.45, 2.75) is 18.3 Å². The van der Waals surface area contributed by atoms with Gasteiger partial charge < -0.3 is 5.11 Å². The molecule has 3 rings (SSSR count). The van der Waals surface area contributed by atoms with Gasteiger partial charge in [0.1, 0.15) is 0 Å². The zero-order valence-electron chi connectivity index (χ0n) is 13.4. The molecule has 0 saturated carbocycles. The minimum absolute atomic E-state index is 0.0270.